The Balaban J connectivity index is 1.87. The van der Waals surface area contributed by atoms with Gasteiger partial charge >= 0.3 is 5.76 Å². The van der Waals surface area contributed by atoms with Crippen LogP contribution < -0.4 is 4.90 Å². The quantitative estimate of drug-likeness (QED) is 0.938. The molecule has 2 aromatic rings. The van der Waals surface area contributed by atoms with E-state index in [1.165, 1.54) is 12.1 Å². The fraction of sp³-hybridized carbons (Fsp3) is 0.357. The van der Waals surface area contributed by atoms with Crippen molar-refractivity contribution < 1.29 is 17.2 Å². The van der Waals surface area contributed by atoms with E-state index < -0.39 is 15.6 Å². The van der Waals surface area contributed by atoms with Crippen LogP contribution >= 0.6 is 0 Å². The molecule has 1 fully saturated rings. The zero-order chi connectivity index (χ0) is 15.7. The number of hydrogen-bond acceptors (Lipinski definition) is 4. The van der Waals surface area contributed by atoms with E-state index in [-0.39, 0.29) is 10.9 Å². The summed E-state index contributed by atoms with van der Waals surface area (Å²) in [7, 11) is -4.54. The summed E-state index contributed by atoms with van der Waals surface area (Å²) in [5, 5.41) is 6.89. The Bertz CT molecular complexity index is 730. The molecule has 1 unspecified atom stereocenters. The van der Waals surface area contributed by atoms with E-state index in [9.17, 15) is 17.2 Å². The Morgan fingerprint density at radius 2 is 1.95 bits per heavy atom. The van der Waals surface area contributed by atoms with Crippen molar-refractivity contribution in [2.45, 2.75) is 29.5 Å². The van der Waals surface area contributed by atoms with Gasteiger partial charge in [-0.15, -0.1) is 0 Å². The van der Waals surface area contributed by atoms with E-state index in [1.807, 2.05) is 6.07 Å². The fourth-order valence-corrected chi connectivity index (χ4v) is 3.50. The summed E-state index contributed by atoms with van der Waals surface area (Å²) in [5.41, 5.74) is 1.80. The van der Waals surface area contributed by atoms with Crippen molar-refractivity contribution in [2.24, 2.45) is 0 Å². The highest BCUT2D eigenvalue weighted by Crippen LogP contribution is 2.35. The molecular formula is C14H15F2N3O2S. The van der Waals surface area contributed by atoms with Gasteiger partial charge in [0.25, 0.3) is 0 Å². The highest BCUT2D eigenvalue weighted by atomic mass is 32.2. The highest BCUT2D eigenvalue weighted by Gasteiger charge is 2.29. The molecule has 0 bridgehead atoms. The SMILES string of the molecule is O=S(=O)(c1ccc(N2CCCC2c2ccn[nH]2)cc1)C(F)F. The lowest BCUT2D eigenvalue weighted by Gasteiger charge is -2.26. The Morgan fingerprint density at radius 1 is 1.23 bits per heavy atom. The third kappa shape index (κ3) is 2.58. The van der Waals surface area contributed by atoms with Gasteiger partial charge < -0.3 is 4.90 Å². The van der Waals surface area contributed by atoms with Gasteiger partial charge in [0.05, 0.1) is 16.6 Å². The molecule has 0 saturated carbocycles. The molecule has 1 saturated heterocycles. The molecule has 1 aromatic heterocycles. The summed E-state index contributed by atoms with van der Waals surface area (Å²) in [5.74, 6) is -3.40. The number of benzene rings is 1. The van der Waals surface area contributed by atoms with E-state index in [1.54, 1.807) is 18.3 Å². The maximum atomic E-state index is 12.5. The Hall–Kier alpha value is -1.96. The molecule has 1 aliphatic heterocycles. The van der Waals surface area contributed by atoms with E-state index in [2.05, 4.69) is 15.1 Å². The molecule has 1 aliphatic rings. The molecule has 0 spiro atoms. The third-order valence-electron chi connectivity index (χ3n) is 3.87. The summed E-state index contributed by atoms with van der Waals surface area (Å²) in [6, 6.07) is 7.66. The van der Waals surface area contributed by atoms with Crippen LogP contribution in [0.5, 0.6) is 0 Å². The molecule has 1 atom stereocenters. The van der Waals surface area contributed by atoms with Crippen molar-refractivity contribution >= 4 is 15.5 Å². The van der Waals surface area contributed by atoms with Crippen molar-refractivity contribution in [3.63, 3.8) is 0 Å². The number of sulfone groups is 1. The summed E-state index contributed by atoms with van der Waals surface area (Å²) in [4.78, 5) is 1.76. The lowest BCUT2D eigenvalue weighted by molar-refractivity contribution is 0.234. The van der Waals surface area contributed by atoms with Crippen molar-refractivity contribution in [3.05, 3.63) is 42.2 Å². The number of nitrogens with zero attached hydrogens (tertiary/aromatic N) is 2. The fourth-order valence-electron chi connectivity index (χ4n) is 2.78. The molecule has 2 heterocycles. The number of rotatable bonds is 4. The van der Waals surface area contributed by atoms with Crippen molar-refractivity contribution in [1.82, 2.24) is 10.2 Å². The normalized spacial score (nSPS) is 19.0. The maximum Gasteiger partial charge on any atom is 0.341 e. The largest absolute Gasteiger partial charge is 0.363 e. The summed E-state index contributed by atoms with van der Waals surface area (Å²) in [6.45, 7) is 0.824. The first-order valence-corrected chi connectivity index (χ1v) is 8.43. The third-order valence-corrected chi connectivity index (χ3v) is 5.26. The van der Waals surface area contributed by atoms with Gasteiger partial charge in [-0.1, -0.05) is 0 Å². The number of halogens is 2. The number of H-pyrrole nitrogens is 1. The Morgan fingerprint density at radius 3 is 2.55 bits per heavy atom. The lowest BCUT2D eigenvalue weighted by atomic mass is 10.1. The standard InChI is InChI=1S/C14H15F2N3O2S/c15-14(16)22(20,21)11-5-3-10(4-6-11)19-9-1-2-13(19)12-7-8-17-18-12/h3-8,13-14H,1-2,9H2,(H,17,18). The van der Waals surface area contributed by atoms with Crippen LogP contribution in [-0.2, 0) is 9.84 Å². The molecule has 1 N–H and O–H groups in total. The predicted molar refractivity (Wildman–Crippen MR) is 77.5 cm³/mol. The van der Waals surface area contributed by atoms with Crippen molar-refractivity contribution in [2.75, 3.05) is 11.4 Å². The highest BCUT2D eigenvalue weighted by molar-refractivity contribution is 7.91. The number of alkyl halides is 2. The Kier molecular flexibility index (Phi) is 3.86. The minimum absolute atomic E-state index is 0.139. The number of aromatic nitrogens is 2. The maximum absolute atomic E-state index is 12.5. The van der Waals surface area contributed by atoms with Gasteiger partial charge in [-0.25, -0.2) is 8.42 Å². The lowest BCUT2D eigenvalue weighted by Crippen LogP contribution is -2.23. The van der Waals surface area contributed by atoms with E-state index in [0.29, 0.717) is 0 Å². The van der Waals surface area contributed by atoms with Gasteiger partial charge in [0.2, 0.25) is 9.84 Å². The number of nitrogens with one attached hydrogen (secondary N) is 1. The first-order valence-electron chi connectivity index (χ1n) is 6.88. The van der Waals surface area contributed by atoms with Crippen molar-refractivity contribution in [3.8, 4) is 0 Å². The monoisotopic (exact) mass is 327 g/mol. The molecule has 1 aromatic carbocycles. The summed E-state index contributed by atoms with van der Waals surface area (Å²) >= 11 is 0. The second-order valence-corrected chi connectivity index (χ2v) is 7.08. The van der Waals surface area contributed by atoms with Gasteiger partial charge in [0.15, 0.2) is 0 Å². The van der Waals surface area contributed by atoms with Crippen LogP contribution in [0.1, 0.15) is 24.6 Å². The van der Waals surface area contributed by atoms with Crippen LogP contribution in [-0.4, -0.2) is 30.9 Å². The van der Waals surface area contributed by atoms with E-state index >= 15 is 0 Å². The first kappa shape index (κ1) is 15.0. The van der Waals surface area contributed by atoms with Crippen LogP contribution in [0.25, 0.3) is 0 Å². The van der Waals surface area contributed by atoms with Crippen LogP contribution in [0.3, 0.4) is 0 Å². The van der Waals surface area contributed by atoms with Crippen molar-refractivity contribution in [1.29, 1.82) is 0 Å². The molecule has 5 nitrogen and oxygen atoms in total. The molecule has 8 heteroatoms. The molecule has 0 radical (unpaired) electrons. The molecular weight excluding hydrogens is 312 g/mol. The van der Waals surface area contributed by atoms with Crippen LogP contribution in [0, 0.1) is 0 Å². The van der Waals surface area contributed by atoms with Gasteiger partial charge in [0.1, 0.15) is 0 Å². The van der Waals surface area contributed by atoms with E-state index in [4.69, 9.17) is 0 Å². The number of hydrogen-bond donors (Lipinski definition) is 1. The Labute approximate surface area is 126 Å². The van der Waals surface area contributed by atoms with Gasteiger partial charge in [-0.2, -0.15) is 13.9 Å². The minimum atomic E-state index is -4.54. The minimum Gasteiger partial charge on any atom is -0.363 e. The van der Waals surface area contributed by atoms with Gasteiger partial charge in [0, 0.05) is 18.4 Å². The number of aromatic amines is 1. The van der Waals surface area contributed by atoms with Gasteiger partial charge in [-0.05, 0) is 43.2 Å². The molecule has 0 aliphatic carbocycles. The van der Waals surface area contributed by atoms with Gasteiger partial charge in [-0.3, -0.25) is 5.10 Å². The predicted octanol–water partition coefficient (Wildman–Crippen LogP) is 2.75. The molecule has 118 valence electrons. The topological polar surface area (TPSA) is 66.1 Å². The second-order valence-electron chi connectivity index (χ2n) is 5.16. The smallest absolute Gasteiger partial charge is 0.341 e. The first-order chi connectivity index (χ1) is 10.5. The molecule has 22 heavy (non-hydrogen) atoms. The van der Waals surface area contributed by atoms with E-state index in [0.717, 1.165) is 30.8 Å². The summed E-state index contributed by atoms with van der Waals surface area (Å²) < 4.78 is 48.0. The van der Waals surface area contributed by atoms with Crippen LogP contribution in [0.4, 0.5) is 14.5 Å². The van der Waals surface area contributed by atoms with Crippen LogP contribution in [0.2, 0.25) is 0 Å². The average Bonchev–Trinajstić information content (AvgIpc) is 3.18. The summed E-state index contributed by atoms with van der Waals surface area (Å²) in [6.07, 6.45) is 3.64. The molecule has 3 rings (SSSR count). The average molecular weight is 327 g/mol. The zero-order valence-corrected chi connectivity index (χ0v) is 12.4. The number of anilines is 1. The van der Waals surface area contributed by atoms with Crippen LogP contribution in [0.15, 0.2) is 41.4 Å². The second kappa shape index (κ2) is 5.68. The zero-order valence-electron chi connectivity index (χ0n) is 11.6. The molecule has 0 amide bonds.